The minimum atomic E-state index is 0.0601. The molecule has 1 aliphatic heterocycles. The summed E-state index contributed by atoms with van der Waals surface area (Å²) in [6, 6.07) is 0. The highest BCUT2D eigenvalue weighted by molar-refractivity contribution is 6.44. The lowest BCUT2D eigenvalue weighted by atomic mass is 9.77. The van der Waals surface area contributed by atoms with Gasteiger partial charge in [0.2, 0.25) is 0 Å². The van der Waals surface area contributed by atoms with Crippen LogP contribution in [-0.2, 0) is 9.31 Å². The molecule has 0 bridgehead atoms. The van der Waals surface area contributed by atoms with Crippen molar-refractivity contribution in [1.82, 2.24) is 0 Å². The molecule has 0 amide bonds. The maximum atomic E-state index is 5.96. The fraction of sp³-hybridized carbons (Fsp3) is 1.00. The third-order valence-electron chi connectivity index (χ3n) is 3.13. The topological polar surface area (TPSA) is 18.5 Å². The Morgan fingerprint density at radius 2 is 2.06 bits per heavy atom. The van der Waals surface area contributed by atoms with E-state index in [2.05, 4.69) is 20.8 Å². The fourth-order valence-corrected chi connectivity index (χ4v) is 2.17. The normalized spacial score (nSPS) is 21.8. The lowest BCUT2D eigenvalue weighted by Crippen LogP contribution is -2.36. The first-order chi connectivity index (χ1) is 7.72. The molecule has 3 heteroatoms. The highest BCUT2D eigenvalue weighted by atomic mass is 16.6. The lowest BCUT2D eigenvalue weighted by Gasteiger charge is -2.29. The van der Waals surface area contributed by atoms with Gasteiger partial charge in [-0.25, -0.2) is 0 Å². The van der Waals surface area contributed by atoms with Crippen molar-refractivity contribution in [3.8, 4) is 0 Å². The van der Waals surface area contributed by atoms with Gasteiger partial charge in [0.25, 0.3) is 0 Å². The third-order valence-corrected chi connectivity index (χ3v) is 3.13. The van der Waals surface area contributed by atoms with Crippen LogP contribution in [0.25, 0.3) is 0 Å². The summed E-state index contributed by atoms with van der Waals surface area (Å²) in [5.74, 6) is 0.656. The minimum absolute atomic E-state index is 0.0601. The second-order valence-electron chi connectivity index (χ2n) is 5.33. The van der Waals surface area contributed by atoms with Gasteiger partial charge in [-0.3, -0.25) is 0 Å². The molecule has 1 heterocycles. The van der Waals surface area contributed by atoms with E-state index < -0.39 is 0 Å². The average molecular weight is 226 g/mol. The number of hydrogen-bond donors (Lipinski definition) is 0. The Labute approximate surface area is 101 Å². The van der Waals surface area contributed by atoms with Crippen LogP contribution in [0.3, 0.4) is 0 Å². The zero-order valence-corrected chi connectivity index (χ0v) is 11.2. The second kappa shape index (κ2) is 8.13. The molecule has 0 saturated carbocycles. The highest BCUT2D eigenvalue weighted by Gasteiger charge is 2.28. The van der Waals surface area contributed by atoms with E-state index in [-0.39, 0.29) is 7.12 Å². The summed E-state index contributed by atoms with van der Waals surface area (Å²) in [4.78, 5) is 0. The van der Waals surface area contributed by atoms with Crippen LogP contribution in [0.1, 0.15) is 59.3 Å². The molecular formula is C13H27BO2. The van der Waals surface area contributed by atoms with Gasteiger partial charge in [0.15, 0.2) is 0 Å². The SMILES string of the molecule is CCCCCCC1CCOB(CC(C)C)O1. The minimum Gasteiger partial charge on any atom is -0.411 e. The molecule has 0 aromatic rings. The van der Waals surface area contributed by atoms with E-state index in [9.17, 15) is 0 Å². The summed E-state index contributed by atoms with van der Waals surface area (Å²) in [5, 5.41) is 0. The zero-order valence-electron chi connectivity index (χ0n) is 11.2. The lowest BCUT2D eigenvalue weighted by molar-refractivity contribution is 0.0589. The smallest absolute Gasteiger partial charge is 0.411 e. The third kappa shape index (κ3) is 5.90. The molecule has 0 radical (unpaired) electrons. The molecule has 1 rings (SSSR count). The van der Waals surface area contributed by atoms with Gasteiger partial charge in [0, 0.05) is 12.7 Å². The molecule has 94 valence electrons. The van der Waals surface area contributed by atoms with Crippen LogP contribution in [0.15, 0.2) is 0 Å². The van der Waals surface area contributed by atoms with E-state index in [1.54, 1.807) is 0 Å². The summed E-state index contributed by atoms with van der Waals surface area (Å²) >= 11 is 0. The molecule has 1 aliphatic rings. The van der Waals surface area contributed by atoms with E-state index in [1.165, 1.54) is 32.1 Å². The molecule has 1 atom stereocenters. The molecule has 0 spiro atoms. The molecule has 0 aromatic carbocycles. The van der Waals surface area contributed by atoms with Crippen LogP contribution in [0, 0.1) is 5.92 Å². The first kappa shape index (κ1) is 14.0. The first-order valence-corrected chi connectivity index (χ1v) is 6.99. The van der Waals surface area contributed by atoms with Gasteiger partial charge in [0.1, 0.15) is 0 Å². The van der Waals surface area contributed by atoms with E-state index in [0.717, 1.165) is 19.3 Å². The number of rotatable bonds is 7. The average Bonchev–Trinajstić information content (AvgIpc) is 2.24. The van der Waals surface area contributed by atoms with Gasteiger partial charge < -0.3 is 9.31 Å². The van der Waals surface area contributed by atoms with Crippen molar-refractivity contribution in [1.29, 1.82) is 0 Å². The molecule has 0 N–H and O–H groups in total. The summed E-state index contributed by atoms with van der Waals surface area (Å²) in [7, 11) is 0.0601. The van der Waals surface area contributed by atoms with Crippen molar-refractivity contribution in [2.24, 2.45) is 5.92 Å². The highest BCUT2D eigenvalue weighted by Crippen LogP contribution is 2.20. The largest absolute Gasteiger partial charge is 0.457 e. The Hall–Kier alpha value is -0.0151. The summed E-state index contributed by atoms with van der Waals surface area (Å²) < 4.78 is 11.6. The predicted molar refractivity (Wildman–Crippen MR) is 69.6 cm³/mol. The van der Waals surface area contributed by atoms with Crippen LogP contribution in [0.4, 0.5) is 0 Å². The van der Waals surface area contributed by atoms with E-state index in [4.69, 9.17) is 9.31 Å². The fourth-order valence-electron chi connectivity index (χ4n) is 2.17. The van der Waals surface area contributed by atoms with Crippen LogP contribution >= 0.6 is 0 Å². The quantitative estimate of drug-likeness (QED) is 0.484. The van der Waals surface area contributed by atoms with Gasteiger partial charge >= 0.3 is 7.12 Å². The van der Waals surface area contributed by atoms with E-state index >= 15 is 0 Å². The van der Waals surface area contributed by atoms with Crippen molar-refractivity contribution in [3.63, 3.8) is 0 Å². The number of hydrogen-bond acceptors (Lipinski definition) is 2. The van der Waals surface area contributed by atoms with Crippen molar-refractivity contribution >= 4 is 7.12 Å². The maximum absolute atomic E-state index is 5.96. The van der Waals surface area contributed by atoms with Crippen molar-refractivity contribution in [2.75, 3.05) is 6.61 Å². The van der Waals surface area contributed by atoms with E-state index in [0.29, 0.717) is 12.0 Å². The van der Waals surface area contributed by atoms with Crippen LogP contribution in [0.2, 0.25) is 6.32 Å². The van der Waals surface area contributed by atoms with Crippen molar-refractivity contribution in [2.45, 2.75) is 71.7 Å². The van der Waals surface area contributed by atoms with Crippen LogP contribution in [-0.4, -0.2) is 19.8 Å². The number of unbranched alkanes of at least 4 members (excludes halogenated alkanes) is 3. The predicted octanol–water partition coefficient (Wildman–Crippen LogP) is 3.91. The second-order valence-corrected chi connectivity index (χ2v) is 5.33. The van der Waals surface area contributed by atoms with Gasteiger partial charge in [-0.2, -0.15) is 0 Å². The summed E-state index contributed by atoms with van der Waals surface area (Å²) in [6.45, 7) is 7.58. The molecule has 0 aliphatic carbocycles. The molecular weight excluding hydrogens is 199 g/mol. The van der Waals surface area contributed by atoms with Crippen molar-refractivity contribution in [3.05, 3.63) is 0 Å². The molecule has 16 heavy (non-hydrogen) atoms. The van der Waals surface area contributed by atoms with Gasteiger partial charge in [0.05, 0.1) is 0 Å². The molecule has 2 nitrogen and oxygen atoms in total. The van der Waals surface area contributed by atoms with Gasteiger partial charge in [-0.15, -0.1) is 0 Å². The Kier molecular flexibility index (Phi) is 7.14. The van der Waals surface area contributed by atoms with Crippen LogP contribution < -0.4 is 0 Å². The van der Waals surface area contributed by atoms with Gasteiger partial charge in [-0.05, 0) is 25.1 Å². The molecule has 1 unspecified atom stereocenters. The first-order valence-electron chi connectivity index (χ1n) is 6.99. The standard InChI is InChI=1S/C13H27BO2/c1-4-5-6-7-8-13-9-10-15-14(16-13)11-12(2)3/h12-13H,4-11H2,1-3H3. The maximum Gasteiger partial charge on any atom is 0.457 e. The molecule has 1 fully saturated rings. The zero-order chi connectivity index (χ0) is 11.8. The Bertz CT molecular complexity index is 173. The molecule has 1 saturated heterocycles. The Morgan fingerprint density at radius 3 is 2.75 bits per heavy atom. The summed E-state index contributed by atoms with van der Waals surface area (Å²) in [6.07, 6.45) is 9.13. The van der Waals surface area contributed by atoms with Gasteiger partial charge in [-0.1, -0.05) is 46.5 Å². The van der Waals surface area contributed by atoms with Crippen molar-refractivity contribution < 1.29 is 9.31 Å². The monoisotopic (exact) mass is 226 g/mol. The van der Waals surface area contributed by atoms with E-state index in [1.807, 2.05) is 0 Å². The Morgan fingerprint density at radius 1 is 1.25 bits per heavy atom. The molecule has 0 aromatic heterocycles. The Balaban J connectivity index is 2.12. The van der Waals surface area contributed by atoms with Crippen LogP contribution in [0.5, 0.6) is 0 Å². The summed E-state index contributed by atoms with van der Waals surface area (Å²) in [5.41, 5.74) is 0.